The predicted molar refractivity (Wildman–Crippen MR) is 116 cm³/mol. The zero-order valence-electron chi connectivity index (χ0n) is 18.6. The summed E-state index contributed by atoms with van der Waals surface area (Å²) >= 11 is 0. The first-order valence-corrected chi connectivity index (χ1v) is 10.7. The number of imide groups is 1. The van der Waals surface area contributed by atoms with Crippen LogP contribution in [0.4, 0.5) is 10.5 Å². The lowest BCUT2D eigenvalue weighted by Crippen LogP contribution is -2.55. The van der Waals surface area contributed by atoms with E-state index in [0.29, 0.717) is 43.6 Å². The van der Waals surface area contributed by atoms with Crippen LogP contribution in [0, 0.1) is 6.57 Å². The number of likely N-dealkylation sites (tertiary alicyclic amines) is 1. The number of hydrogen-bond acceptors (Lipinski definition) is 5. The Morgan fingerprint density at radius 2 is 1.78 bits per heavy atom. The minimum atomic E-state index is -1.01. The molecule has 2 aliphatic heterocycles. The van der Waals surface area contributed by atoms with Crippen LogP contribution in [0.15, 0.2) is 24.3 Å². The molecular weight excluding hydrogens is 412 g/mol. The number of esters is 1. The topological polar surface area (TPSA) is 100 Å². The van der Waals surface area contributed by atoms with Crippen LogP contribution in [-0.2, 0) is 14.3 Å². The molecule has 2 saturated heterocycles. The van der Waals surface area contributed by atoms with Gasteiger partial charge >= 0.3 is 12.0 Å². The van der Waals surface area contributed by atoms with E-state index in [1.54, 1.807) is 49.9 Å². The minimum absolute atomic E-state index is 0.121. The first-order valence-electron chi connectivity index (χ1n) is 10.7. The van der Waals surface area contributed by atoms with Gasteiger partial charge in [-0.3, -0.25) is 19.3 Å². The fourth-order valence-corrected chi connectivity index (χ4v) is 3.94. The van der Waals surface area contributed by atoms with Crippen molar-refractivity contribution in [3.63, 3.8) is 0 Å². The third-order valence-corrected chi connectivity index (χ3v) is 5.58. The average Bonchev–Trinajstić information content (AvgIpc) is 2.96. The zero-order chi connectivity index (χ0) is 23.5. The second-order valence-electron chi connectivity index (χ2n) is 9.11. The molecule has 9 nitrogen and oxygen atoms in total. The Balaban J connectivity index is 1.54. The standard InChI is InChI=1S/C23H28N4O5/c1-22(2,3)32-18(28)6-5-13-27-20(30)23(25-21(27)31)11-14-26(15-12-23)19(29)16-7-9-17(24-4)10-8-16/h7-10H,5-6,11-15H2,1-3H3,(H,25,31). The summed E-state index contributed by atoms with van der Waals surface area (Å²) in [5, 5.41) is 2.81. The fourth-order valence-electron chi connectivity index (χ4n) is 3.94. The molecule has 2 fully saturated rings. The van der Waals surface area contributed by atoms with Crippen molar-refractivity contribution in [3.8, 4) is 0 Å². The normalized spacial score (nSPS) is 17.8. The summed E-state index contributed by atoms with van der Waals surface area (Å²) in [6.45, 7) is 13.2. The lowest BCUT2D eigenvalue weighted by Gasteiger charge is -2.37. The number of amides is 4. The number of piperidine rings is 1. The van der Waals surface area contributed by atoms with Crippen LogP contribution in [0.2, 0.25) is 0 Å². The van der Waals surface area contributed by atoms with Gasteiger partial charge in [0.15, 0.2) is 5.69 Å². The summed E-state index contributed by atoms with van der Waals surface area (Å²) in [5.74, 6) is -0.835. The SMILES string of the molecule is [C-]#[N+]c1ccc(C(=O)N2CCC3(CC2)NC(=O)N(CCCC(=O)OC(C)(C)C)C3=O)cc1. The molecular formula is C23H28N4O5. The van der Waals surface area contributed by atoms with E-state index >= 15 is 0 Å². The van der Waals surface area contributed by atoms with Crippen LogP contribution < -0.4 is 5.32 Å². The Labute approximate surface area is 187 Å². The maximum Gasteiger partial charge on any atom is 0.325 e. The third-order valence-electron chi connectivity index (χ3n) is 5.58. The average molecular weight is 441 g/mol. The number of nitrogens with one attached hydrogen (secondary N) is 1. The summed E-state index contributed by atoms with van der Waals surface area (Å²) in [5.41, 5.74) is -0.635. The number of carbonyl (C=O) groups excluding carboxylic acids is 4. The van der Waals surface area contributed by atoms with Gasteiger partial charge in [0.2, 0.25) is 0 Å². The highest BCUT2D eigenvalue weighted by Gasteiger charge is 2.52. The molecule has 1 N–H and O–H groups in total. The lowest BCUT2D eigenvalue weighted by atomic mass is 9.87. The Kier molecular flexibility index (Phi) is 6.53. The summed E-state index contributed by atoms with van der Waals surface area (Å²) < 4.78 is 5.25. The molecule has 0 radical (unpaired) electrons. The molecule has 32 heavy (non-hydrogen) atoms. The molecule has 0 atom stereocenters. The molecule has 9 heteroatoms. The van der Waals surface area contributed by atoms with Gasteiger partial charge in [0, 0.05) is 31.6 Å². The molecule has 0 saturated carbocycles. The monoisotopic (exact) mass is 440 g/mol. The largest absolute Gasteiger partial charge is 0.460 e. The fraction of sp³-hybridized carbons (Fsp3) is 0.522. The van der Waals surface area contributed by atoms with Crippen LogP contribution >= 0.6 is 0 Å². The van der Waals surface area contributed by atoms with Crippen molar-refractivity contribution in [1.29, 1.82) is 0 Å². The van der Waals surface area contributed by atoms with Gasteiger partial charge < -0.3 is 15.0 Å². The third kappa shape index (κ3) is 5.07. The van der Waals surface area contributed by atoms with E-state index in [0.717, 1.165) is 4.90 Å². The highest BCUT2D eigenvalue weighted by molar-refractivity contribution is 6.07. The number of carbonyl (C=O) groups is 4. The molecule has 0 unspecified atom stereocenters. The second kappa shape index (κ2) is 8.99. The van der Waals surface area contributed by atoms with Crippen molar-refractivity contribution >= 4 is 29.5 Å². The number of benzene rings is 1. The van der Waals surface area contributed by atoms with E-state index in [4.69, 9.17) is 11.3 Å². The molecule has 0 bridgehead atoms. The quantitative estimate of drug-likeness (QED) is 0.431. The van der Waals surface area contributed by atoms with Crippen LogP contribution in [0.25, 0.3) is 4.85 Å². The van der Waals surface area contributed by atoms with E-state index in [2.05, 4.69) is 10.2 Å². The number of ether oxygens (including phenoxy) is 1. The van der Waals surface area contributed by atoms with Gasteiger partial charge in [-0.2, -0.15) is 0 Å². The highest BCUT2D eigenvalue weighted by Crippen LogP contribution is 2.30. The van der Waals surface area contributed by atoms with E-state index in [-0.39, 0.29) is 30.7 Å². The summed E-state index contributed by atoms with van der Waals surface area (Å²) in [4.78, 5) is 56.2. The van der Waals surface area contributed by atoms with Crippen LogP contribution in [0.1, 0.15) is 56.8 Å². The maximum atomic E-state index is 13.0. The van der Waals surface area contributed by atoms with Gasteiger partial charge in [0.1, 0.15) is 11.1 Å². The zero-order valence-corrected chi connectivity index (χ0v) is 18.6. The smallest absolute Gasteiger partial charge is 0.325 e. The molecule has 1 aromatic carbocycles. The van der Waals surface area contributed by atoms with Crippen molar-refractivity contribution in [1.82, 2.24) is 15.1 Å². The van der Waals surface area contributed by atoms with E-state index < -0.39 is 17.2 Å². The van der Waals surface area contributed by atoms with E-state index in [1.807, 2.05) is 0 Å². The van der Waals surface area contributed by atoms with Gasteiger partial charge in [-0.15, -0.1) is 0 Å². The highest BCUT2D eigenvalue weighted by atomic mass is 16.6. The summed E-state index contributed by atoms with van der Waals surface area (Å²) in [6.07, 6.45) is 1.10. The van der Waals surface area contributed by atoms with Crippen LogP contribution in [0.5, 0.6) is 0 Å². The minimum Gasteiger partial charge on any atom is -0.460 e. The number of urea groups is 1. The first-order chi connectivity index (χ1) is 15.0. The van der Waals surface area contributed by atoms with Gasteiger partial charge in [-0.05, 0) is 40.0 Å². The molecule has 2 heterocycles. The molecule has 1 spiro atoms. The first kappa shape index (κ1) is 23.3. The van der Waals surface area contributed by atoms with Gasteiger partial charge in [-0.1, -0.05) is 24.3 Å². The molecule has 170 valence electrons. The van der Waals surface area contributed by atoms with Crippen LogP contribution in [-0.4, -0.2) is 64.4 Å². The van der Waals surface area contributed by atoms with E-state index in [9.17, 15) is 19.2 Å². The van der Waals surface area contributed by atoms with Crippen molar-refractivity contribution < 1.29 is 23.9 Å². The summed E-state index contributed by atoms with van der Waals surface area (Å²) in [7, 11) is 0. The van der Waals surface area contributed by atoms with Crippen molar-refractivity contribution in [2.24, 2.45) is 0 Å². The number of hydrogen-bond donors (Lipinski definition) is 1. The number of nitrogens with zero attached hydrogens (tertiary/aromatic N) is 3. The van der Waals surface area contributed by atoms with Crippen molar-refractivity contribution in [3.05, 3.63) is 41.2 Å². The maximum absolute atomic E-state index is 13.0. The van der Waals surface area contributed by atoms with E-state index in [1.165, 1.54) is 0 Å². The molecule has 2 aliphatic rings. The Bertz CT molecular complexity index is 950. The predicted octanol–water partition coefficient (Wildman–Crippen LogP) is 2.89. The molecule has 4 amide bonds. The van der Waals surface area contributed by atoms with Gasteiger partial charge in [0.05, 0.1) is 6.57 Å². The van der Waals surface area contributed by atoms with Gasteiger partial charge in [0.25, 0.3) is 11.8 Å². The molecule has 3 rings (SSSR count). The van der Waals surface area contributed by atoms with Crippen molar-refractivity contribution in [2.45, 2.75) is 57.6 Å². The molecule has 0 aliphatic carbocycles. The van der Waals surface area contributed by atoms with Crippen molar-refractivity contribution in [2.75, 3.05) is 19.6 Å². The Morgan fingerprint density at radius 1 is 1.16 bits per heavy atom. The van der Waals surface area contributed by atoms with Gasteiger partial charge in [-0.25, -0.2) is 9.64 Å². The lowest BCUT2D eigenvalue weighted by molar-refractivity contribution is -0.155. The summed E-state index contributed by atoms with van der Waals surface area (Å²) in [6, 6.07) is 5.97. The van der Waals surface area contributed by atoms with Crippen LogP contribution in [0.3, 0.4) is 0 Å². The number of rotatable bonds is 5. The molecule has 0 aromatic heterocycles. The molecule has 1 aromatic rings. The Morgan fingerprint density at radius 3 is 2.34 bits per heavy atom. The Hall–Kier alpha value is -3.41. The second-order valence-corrected chi connectivity index (χ2v) is 9.11.